The fourth-order valence-corrected chi connectivity index (χ4v) is 4.19. The number of nitrogens with zero attached hydrogens (tertiary/aromatic N) is 4. The average molecular weight is 456 g/mol. The lowest BCUT2D eigenvalue weighted by Gasteiger charge is -2.34. The van der Waals surface area contributed by atoms with E-state index in [1.807, 2.05) is 67.6 Å². The van der Waals surface area contributed by atoms with E-state index in [1.165, 1.54) is 0 Å². The highest BCUT2D eigenvalue weighted by Gasteiger charge is 2.28. The molecule has 0 unspecified atom stereocenters. The topological polar surface area (TPSA) is 91.4 Å². The summed E-state index contributed by atoms with van der Waals surface area (Å²) in [6.07, 6.45) is 1.61. The molecule has 4 aromatic rings. The number of aromatic amines is 1. The molecule has 1 aliphatic rings. The van der Waals surface area contributed by atoms with Gasteiger partial charge >= 0.3 is 0 Å². The average Bonchev–Trinajstić information content (AvgIpc) is 3.33. The molecule has 0 aliphatic carbocycles. The first-order valence-electron chi connectivity index (χ1n) is 11.4. The van der Waals surface area contributed by atoms with Gasteiger partial charge in [-0.2, -0.15) is 0 Å². The third-order valence-electron chi connectivity index (χ3n) is 6.03. The lowest BCUT2D eigenvalue weighted by Crippen LogP contribution is -2.50. The second kappa shape index (κ2) is 9.35. The molecule has 3 heterocycles. The van der Waals surface area contributed by atoms with Crippen molar-refractivity contribution < 1.29 is 14.3 Å². The molecule has 0 atom stereocenters. The number of H-pyrrole nitrogens is 1. The van der Waals surface area contributed by atoms with Crippen molar-refractivity contribution in [1.29, 1.82) is 0 Å². The quantitative estimate of drug-likeness (QED) is 0.353. The summed E-state index contributed by atoms with van der Waals surface area (Å²) in [5.41, 5.74) is 3.01. The van der Waals surface area contributed by atoms with E-state index < -0.39 is 11.7 Å². The number of piperazine rings is 1. The highest BCUT2D eigenvalue weighted by Crippen LogP contribution is 2.23. The number of benzene rings is 2. The molecule has 0 spiro atoms. The molecule has 2 aromatic heterocycles. The molecule has 1 fully saturated rings. The number of fused-ring (bicyclic) bond motifs is 1. The summed E-state index contributed by atoms with van der Waals surface area (Å²) in [5, 5.41) is 9.53. The highest BCUT2D eigenvalue weighted by molar-refractivity contribution is 6.44. The predicted octanol–water partition coefficient (Wildman–Crippen LogP) is 3.56. The Kier molecular flexibility index (Phi) is 5.95. The lowest BCUT2D eigenvalue weighted by molar-refractivity contribution is -0.126. The highest BCUT2D eigenvalue weighted by atomic mass is 16.5. The number of ether oxygens (including phenoxy) is 1. The molecule has 1 aliphatic heterocycles. The number of para-hydroxylation sites is 1. The Morgan fingerprint density at radius 1 is 0.941 bits per heavy atom. The third-order valence-corrected chi connectivity index (χ3v) is 6.03. The van der Waals surface area contributed by atoms with Gasteiger partial charge in [0, 0.05) is 48.8 Å². The fourth-order valence-electron chi connectivity index (χ4n) is 4.19. The van der Waals surface area contributed by atoms with Gasteiger partial charge in [0.15, 0.2) is 5.82 Å². The van der Waals surface area contributed by atoms with Crippen molar-refractivity contribution >= 4 is 28.4 Å². The van der Waals surface area contributed by atoms with E-state index in [2.05, 4.69) is 20.1 Å². The molecule has 0 radical (unpaired) electrons. The second-order valence-corrected chi connectivity index (χ2v) is 8.09. The van der Waals surface area contributed by atoms with Crippen molar-refractivity contribution in [3.05, 3.63) is 72.4 Å². The van der Waals surface area contributed by atoms with E-state index in [9.17, 15) is 9.59 Å². The van der Waals surface area contributed by atoms with Gasteiger partial charge in [0.2, 0.25) is 0 Å². The number of rotatable bonds is 6. The number of ketones is 1. The number of anilines is 1. The molecule has 8 heteroatoms. The van der Waals surface area contributed by atoms with E-state index in [0.717, 1.165) is 33.7 Å². The minimum absolute atomic E-state index is 0.416. The van der Waals surface area contributed by atoms with Crippen LogP contribution in [0.3, 0.4) is 0 Å². The van der Waals surface area contributed by atoms with Crippen LogP contribution in [0.5, 0.6) is 5.75 Å². The smallest absolute Gasteiger partial charge is 0.295 e. The summed E-state index contributed by atoms with van der Waals surface area (Å²) < 4.78 is 5.48. The normalized spacial score (nSPS) is 13.8. The predicted molar refractivity (Wildman–Crippen MR) is 130 cm³/mol. The zero-order valence-corrected chi connectivity index (χ0v) is 18.9. The van der Waals surface area contributed by atoms with Crippen LogP contribution in [0.2, 0.25) is 0 Å². The maximum Gasteiger partial charge on any atom is 0.295 e. The van der Waals surface area contributed by atoms with Gasteiger partial charge in [-0.1, -0.05) is 18.2 Å². The van der Waals surface area contributed by atoms with Crippen molar-refractivity contribution in [2.24, 2.45) is 0 Å². The van der Waals surface area contributed by atoms with Crippen molar-refractivity contribution in [2.75, 3.05) is 37.7 Å². The summed E-state index contributed by atoms with van der Waals surface area (Å²) >= 11 is 0. The summed E-state index contributed by atoms with van der Waals surface area (Å²) in [4.78, 5) is 32.5. The number of carbonyl (C=O) groups excluding carboxylic acids is 2. The Labute approximate surface area is 197 Å². The molecular weight excluding hydrogens is 430 g/mol. The first-order chi connectivity index (χ1) is 16.6. The van der Waals surface area contributed by atoms with Gasteiger partial charge in [0.05, 0.1) is 17.9 Å². The van der Waals surface area contributed by atoms with Gasteiger partial charge in [0.25, 0.3) is 11.7 Å². The SMILES string of the molecule is CCOc1ccc(-c2ccc(N3CCN(C(=O)C(=O)c4c[nH]c5ccccc45)CC3)nn2)cc1. The van der Waals surface area contributed by atoms with Crippen LogP contribution in [0, 0.1) is 0 Å². The molecule has 1 saturated heterocycles. The Hall–Kier alpha value is -4.20. The molecule has 34 heavy (non-hydrogen) atoms. The molecule has 5 rings (SSSR count). The van der Waals surface area contributed by atoms with Crippen molar-refractivity contribution in [3.8, 4) is 17.0 Å². The Morgan fingerprint density at radius 3 is 2.41 bits per heavy atom. The molecule has 1 amide bonds. The molecule has 172 valence electrons. The van der Waals surface area contributed by atoms with Gasteiger partial charge in [-0.3, -0.25) is 9.59 Å². The first kappa shape index (κ1) is 21.6. The van der Waals surface area contributed by atoms with Crippen LogP contribution in [-0.4, -0.2) is 64.6 Å². The summed E-state index contributed by atoms with van der Waals surface area (Å²) in [6.45, 7) is 4.66. The van der Waals surface area contributed by atoms with Crippen LogP contribution in [0.15, 0.2) is 66.9 Å². The van der Waals surface area contributed by atoms with E-state index in [4.69, 9.17) is 4.74 Å². The minimum atomic E-state index is -0.481. The Balaban J connectivity index is 1.21. The standard InChI is InChI=1S/C26H25N5O3/c1-2-34-19-9-7-18(8-10-19)22-11-12-24(29-28-22)30-13-15-31(16-14-30)26(33)25(32)21-17-27-23-6-4-3-5-20(21)23/h3-12,17,27H,2,13-16H2,1H3. The second-order valence-electron chi connectivity index (χ2n) is 8.09. The van der Waals surface area contributed by atoms with E-state index in [0.29, 0.717) is 38.3 Å². The van der Waals surface area contributed by atoms with Gasteiger partial charge in [-0.25, -0.2) is 0 Å². The molecule has 0 bridgehead atoms. The number of hydrogen-bond donors (Lipinski definition) is 1. The number of Topliss-reactive ketones (excluding diaryl/α,β-unsaturated/α-hetero) is 1. The Bertz CT molecular complexity index is 1310. The first-order valence-corrected chi connectivity index (χ1v) is 11.4. The monoisotopic (exact) mass is 455 g/mol. The summed E-state index contributed by atoms with van der Waals surface area (Å²) in [7, 11) is 0. The van der Waals surface area contributed by atoms with Gasteiger partial charge in [-0.15, -0.1) is 10.2 Å². The molecular formula is C26H25N5O3. The van der Waals surface area contributed by atoms with Gasteiger partial charge in [-0.05, 0) is 49.4 Å². The zero-order valence-electron chi connectivity index (χ0n) is 18.9. The maximum atomic E-state index is 12.9. The Morgan fingerprint density at radius 2 is 1.71 bits per heavy atom. The van der Waals surface area contributed by atoms with E-state index in [1.54, 1.807) is 11.1 Å². The van der Waals surface area contributed by atoms with Crippen molar-refractivity contribution in [2.45, 2.75) is 6.92 Å². The van der Waals surface area contributed by atoms with Crippen LogP contribution in [0.4, 0.5) is 5.82 Å². The number of aromatic nitrogens is 3. The van der Waals surface area contributed by atoms with E-state index in [-0.39, 0.29) is 0 Å². The van der Waals surface area contributed by atoms with Crippen molar-refractivity contribution in [1.82, 2.24) is 20.1 Å². The zero-order chi connectivity index (χ0) is 23.5. The number of hydrogen-bond acceptors (Lipinski definition) is 6. The van der Waals surface area contributed by atoms with Crippen LogP contribution in [0.1, 0.15) is 17.3 Å². The lowest BCUT2D eigenvalue weighted by atomic mass is 10.1. The van der Waals surface area contributed by atoms with Crippen LogP contribution < -0.4 is 9.64 Å². The van der Waals surface area contributed by atoms with Crippen molar-refractivity contribution in [3.63, 3.8) is 0 Å². The number of carbonyl (C=O) groups is 2. The summed E-state index contributed by atoms with van der Waals surface area (Å²) in [6, 6.07) is 19.1. The van der Waals surface area contributed by atoms with Crippen LogP contribution >= 0.6 is 0 Å². The minimum Gasteiger partial charge on any atom is -0.494 e. The molecule has 1 N–H and O–H groups in total. The maximum absolute atomic E-state index is 12.9. The summed E-state index contributed by atoms with van der Waals surface area (Å²) in [5.74, 6) is 0.628. The molecule has 2 aromatic carbocycles. The third kappa shape index (κ3) is 4.22. The molecule has 8 nitrogen and oxygen atoms in total. The van der Waals surface area contributed by atoms with Gasteiger partial charge in [0.1, 0.15) is 5.75 Å². The van der Waals surface area contributed by atoms with Gasteiger partial charge < -0.3 is 19.5 Å². The van der Waals surface area contributed by atoms with E-state index >= 15 is 0 Å². The molecule has 0 saturated carbocycles. The van der Waals surface area contributed by atoms with Crippen LogP contribution in [0.25, 0.3) is 22.2 Å². The van der Waals surface area contributed by atoms with Crippen LogP contribution in [-0.2, 0) is 4.79 Å². The fraction of sp³-hybridized carbons (Fsp3) is 0.231. The number of nitrogens with one attached hydrogen (secondary N) is 1. The largest absolute Gasteiger partial charge is 0.494 e. The number of amides is 1.